The molecule has 2 heterocycles. The third kappa shape index (κ3) is 0.937. The van der Waals surface area contributed by atoms with Crippen LogP contribution >= 0.6 is 15.9 Å². The summed E-state index contributed by atoms with van der Waals surface area (Å²) in [5.41, 5.74) is 0.770. The second-order valence-corrected chi connectivity index (χ2v) is 3.07. The average molecular weight is 230 g/mol. The number of rotatable bonds is 0. The Morgan fingerprint density at radius 1 is 1.67 bits per heavy atom. The molecule has 2 rings (SSSR count). The lowest BCUT2D eigenvalue weighted by Gasteiger charge is -1.99. The molecular formula is C7H4BrNO3. The molecular weight excluding hydrogens is 226 g/mol. The predicted octanol–water partition coefficient (Wildman–Crippen LogP) is 1.01. The molecule has 1 aromatic rings. The van der Waals surface area contributed by atoms with Crippen LogP contribution in [0.25, 0.3) is 0 Å². The van der Waals surface area contributed by atoms with Crippen LogP contribution in [0.1, 0.15) is 22.2 Å². The maximum absolute atomic E-state index is 11.0. The molecule has 0 spiro atoms. The highest BCUT2D eigenvalue weighted by atomic mass is 79.9. The molecule has 0 radical (unpaired) electrons. The zero-order valence-corrected chi connectivity index (χ0v) is 7.41. The summed E-state index contributed by atoms with van der Waals surface area (Å²) >= 11 is 3.09. The zero-order chi connectivity index (χ0) is 8.72. The van der Waals surface area contributed by atoms with Gasteiger partial charge in [0.2, 0.25) is 6.29 Å². The van der Waals surface area contributed by atoms with E-state index in [1.165, 1.54) is 6.20 Å². The van der Waals surface area contributed by atoms with Crippen molar-refractivity contribution >= 4 is 21.9 Å². The van der Waals surface area contributed by atoms with Gasteiger partial charge < -0.3 is 9.84 Å². The number of hydrogen-bond acceptors (Lipinski definition) is 4. The van der Waals surface area contributed by atoms with Gasteiger partial charge in [0.15, 0.2) is 0 Å². The second-order valence-electron chi connectivity index (χ2n) is 2.32. The number of esters is 1. The molecule has 5 heteroatoms. The Bertz CT molecular complexity index is 353. The van der Waals surface area contributed by atoms with Gasteiger partial charge in [-0.2, -0.15) is 0 Å². The first-order valence-corrected chi connectivity index (χ1v) is 4.03. The molecule has 62 valence electrons. The van der Waals surface area contributed by atoms with E-state index in [1.807, 2.05) is 0 Å². The maximum atomic E-state index is 11.0. The summed E-state index contributed by atoms with van der Waals surface area (Å²) in [5.74, 6) is -0.544. The van der Waals surface area contributed by atoms with E-state index in [4.69, 9.17) is 0 Å². The van der Waals surface area contributed by atoms with Crippen LogP contribution in [0.3, 0.4) is 0 Å². The Morgan fingerprint density at radius 3 is 3.08 bits per heavy atom. The van der Waals surface area contributed by atoms with Crippen molar-refractivity contribution < 1.29 is 14.6 Å². The summed E-state index contributed by atoms with van der Waals surface area (Å²) in [6, 6.07) is 1.55. The standard InChI is InChI=1S/C7H4BrNO3/c8-5-4-3(1-2-9-5)6(10)12-7(4)11/h1-2,6,10H. The van der Waals surface area contributed by atoms with Gasteiger partial charge in [0.1, 0.15) is 10.2 Å². The van der Waals surface area contributed by atoms with Crippen molar-refractivity contribution in [3.63, 3.8) is 0 Å². The topological polar surface area (TPSA) is 59.4 Å². The molecule has 1 N–H and O–H groups in total. The minimum atomic E-state index is -1.15. The van der Waals surface area contributed by atoms with Gasteiger partial charge >= 0.3 is 5.97 Å². The lowest BCUT2D eigenvalue weighted by atomic mass is 10.2. The fourth-order valence-electron chi connectivity index (χ4n) is 1.08. The van der Waals surface area contributed by atoms with Crippen molar-refractivity contribution in [2.45, 2.75) is 6.29 Å². The smallest absolute Gasteiger partial charge is 0.343 e. The number of halogens is 1. The Morgan fingerprint density at radius 2 is 2.42 bits per heavy atom. The van der Waals surface area contributed by atoms with Crippen LogP contribution in [0, 0.1) is 0 Å². The summed E-state index contributed by atoms with van der Waals surface area (Å²) in [4.78, 5) is 14.9. The van der Waals surface area contributed by atoms with E-state index in [-0.39, 0.29) is 0 Å². The van der Waals surface area contributed by atoms with Crippen LogP contribution in [0.4, 0.5) is 0 Å². The number of nitrogens with zero attached hydrogens (tertiary/aromatic N) is 1. The number of carbonyl (C=O) groups excluding carboxylic acids is 1. The highest BCUT2D eigenvalue weighted by Crippen LogP contribution is 2.31. The number of ether oxygens (including phenoxy) is 1. The van der Waals surface area contributed by atoms with Crippen molar-refractivity contribution in [2.75, 3.05) is 0 Å². The van der Waals surface area contributed by atoms with Crippen LogP contribution in [0.2, 0.25) is 0 Å². The Kier molecular flexibility index (Phi) is 1.62. The molecule has 1 aliphatic rings. The van der Waals surface area contributed by atoms with E-state index in [0.717, 1.165) is 0 Å². The van der Waals surface area contributed by atoms with Crippen LogP contribution in [-0.2, 0) is 4.74 Å². The normalized spacial score (nSPS) is 20.5. The predicted molar refractivity (Wildman–Crippen MR) is 42.3 cm³/mol. The molecule has 4 nitrogen and oxygen atoms in total. The van der Waals surface area contributed by atoms with Gasteiger partial charge in [0.25, 0.3) is 0 Å². The summed E-state index contributed by atoms with van der Waals surface area (Å²) < 4.78 is 4.96. The summed E-state index contributed by atoms with van der Waals surface area (Å²) in [6.07, 6.45) is 0.348. The fourth-order valence-corrected chi connectivity index (χ4v) is 1.59. The number of cyclic esters (lactones) is 1. The summed E-state index contributed by atoms with van der Waals surface area (Å²) in [7, 11) is 0. The first-order chi connectivity index (χ1) is 5.70. The number of aliphatic hydroxyl groups is 1. The number of hydrogen-bond donors (Lipinski definition) is 1. The average Bonchev–Trinajstić information content (AvgIpc) is 2.29. The summed E-state index contributed by atoms with van der Waals surface area (Å²) in [6.45, 7) is 0. The molecule has 12 heavy (non-hydrogen) atoms. The van der Waals surface area contributed by atoms with Crippen LogP contribution < -0.4 is 0 Å². The van der Waals surface area contributed by atoms with E-state index in [1.54, 1.807) is 6.07 Å². The Balaban J connectivity index is 2.67. The lowest BCUT2D eigenvalue weighted by Crippen LogP contribution is -1.96. The highest BCUT2D eigenvalue weighted by Gasteiger charge is 2.31. The molecule has 1 unspecified atom stereocenters. The Hall–Kier alpha value is -0.940. The van der Waals surface area contributed by atoms with Gasteiger partial charge in [-0.15, -0.1) is 0 Å². The maximum Gasteiger partial charge on any atom is 0.343 e. The largest absolute Gasteiger partial charge is 0.428 e. The quantitative estimate of drug-likeness (QED) is 0.533. The van der Waals surface area contributed by atoms with Gasteiger partial charge in [-0.25, -0.2) is 9.78 Å². The SMILES string of the molecule is O=C1OC(O)c2ccnc(Br)c21. The lowest BCUT2D eigenvalue weighted by molar-refractivity contribution is -0.0547. The number of carbonyl (C=O) groups is 1. The van der Waals surface area contributed by atoms with E-state index in [9.17, 15) is 9.90 Å². The molecule has 0 amide bonds. The third-order valence-corrected chi connectivity index (χ3v) is 2.23. The number of pyridine rings is 1. The zero-order valence-electron chi connectivity index (χ0n) is 5.82. The van der Waals surface area contributed by atoms with Gasteiger partial charge in [-0.3, -0.25) is 0 Å². The minimum absolute atomic E-state index is 0.310. The van der Waals surface area contributed by atoms with Gasteiger partial charge in [0.05, 0.1) is 0 Å². The molecule has 1 atom stereocenters. The number of aliphatic hydroxyl groups excluding tert-OH is 1. The van der Waals surface area contributed by atoms with Gasteiger partial charge in [-0.05, 0) is 22.0 Å². The first-order valence-electron chi connectivity index (χ1n) is 3.23. The van der Waals surface area contributed by atoms with Gasteiger partial charge in [0, 0.05) is 11.8 Å². The molecule has 0 aromatic carbocycles. The number of aromatic nitrogens is 1. The van der Waals surface area contributed by atoms with Crippen molar-refractivity contribution in [3.05, 3.63) is 28.0 Å². The van der Waals surface area contributed by atoms with Crippen LogP contribution in [0.5, 0.6) is 0 Å². The van der Waals surface area contributed by atoms with E-state index in [0.29, 0.717) is 15.7 Å². The van der Waals surface area contributed by atoms with Crippen molar-refractivity contribution in [3.8, 4) is 0 Å². The highest BCUT2D eigenvalue weighted by molar-refractivity contribution is 9.10. The fraction of sp³-hybridized carbons (Fsp3) is 0.143. The van der Waals surface area contributed by atoms with Crippen molar-refractivity contribution in [2.24, 2.45) is 0 Å². The summed E-state index contributed by atoms with van der Waals surface area (Å²) in [5, 5.41) is 9.18. The Labute approximate surface area is 76.3 Å². The molecule has 0 saturated heterocycles. The van der Waals surface area contributed by atoms with E-state index < -0.39 is 12.3 Å². The van der Waals surface area contributed by atoms with Crippen LogP contribution in [0.15, 0.2) is 16.9 Å². The van der Waals surface area contributed by atoms with Crippen molar-refractivity contribution in [1.29, 1.82) is 0 Å². The molecule has 1 aromatic heterocycles. The van der Waals surface area contributed by atoms with Crippen LogP contribution in [-0.4, -0.2) is 16.1 Å². The number of fused-ring (bicyclic) bond motifs is 1. The molecule has 1 aliphatic heterocycles. The second kappa shape index (κ2) is 2.53. The van der Waals surface area contributed by atoms with E-state index in [2.05, 4.69) is 25.7 Å². The monoisotopic (exact) mass is 229 g/mol. The molecule has 0 saturated carbocycles. The third-order valence-electron chi connectivity index (χ3n) is 1.63. The molecule has 0 fully saturated rings. The molecule has 0 bridgehead atoms. The van der Waals surface area contributed by atoms with Gasteiger partial charge in [-0.1, -0.05) is 0 Å². The van der Waals surface area contributed by atoms with E-state index >= 15 is 0 Å². The first kappa shape index (κ1) is 7.70. The molecule has 0 aliphatic carbocycles. The minimum Gasteiger partial charge on any atom is -0.428 e. The van der Waals surface area contributed by atoms with Crippen molar-refractivity contribution in [1.82, 2.24) is 4.98 Å².